The maximum atomic E-state index is 12.8. The molecule has 68 heavy (non-hydrogen) atoms. The average Bonchev–Trinajstić information content (AvgIpc) is 3.93. The van der Waals surface area contributed by atoms with E-state index in [9.17, 15) is 49.2 Å². The number of esters is 2. The number of aliphatic carboxylic acids is 2. The standard InChI is InChI=1S/C48H54N6O12S2/c1-4-31(5-6-32-9-13-35(14-10-32)53-26-37(55)23-41(53)47(63)65-2)17-20-49-25-43(57)50-39(45(59)60)29-67-68-30-40(46(61)62)51-44(58)28-52-21-18-34(19-22-52)8-7-33-11-15-36(16-12-33)54-27-38(56)24-42(54)48(64)66-3/h4-22,37-42,55-56H,1,23-30H2,2-3H3,(H3-,50,51,57,58,59,60,61,62)/p+2/b6-5+,31-17+,49-20?. The minimum atomic E-state index is -1.27. The van der Waals surface area contributed by atoms with Gasteiger partial charge in [0.15, 0.2) is 18.6 Å². The van der Waals surface area contributed by atoms with Crippen LogP contribution in [0.25, 0.3) is 18.2 Å². The number of carboxylic acids is 2. The zero-order chi connectivity index (χ0) is 49.2. The number of benzene rings is 2. The number of nitrogens with one attached hydrogen (secondary N) is 3. The SMILES string of the molecule is C=CC(/C=C/c1ccc(N2CC(O)CC2C(=O)OC)cc1)=C\C=[NH+]CC(=O)NC(CSSCC(NC(=O)C[n+]1ccc(/C=C/c2ccc(N3CC(O)CC3C(=O)OC)cc2)cc1)C(=O)O)C(=O)O. The summed E-state index contributed by atoms with van der Waals surface area (Å²) in [4.78, 5) is 80.1. The highest BCUT2D eigenvalue weighted by atomic mass is 33.1. The van der Waals surface area contributed by atoms with E-state index in [-0.39, 0.29) is 24.6 Å². The van der Waals surface area contributed by atoms with E-state index < -0.39 is 72.1 Å². The van der Waals surface area contributed by atoms with Gasteiger partial charge in [-0.2, -0.15) is 4.57 Å². The van der Waals surface area contributed by atoms with E-state index in [4.69, 9.17) is 9.47 Å². The number of carboxylic acid groups (broad SMARTS) is 2. The van der Waals surface area contributed by atoms with Gasteiger partial charge in [-0.1, -0.05) is 82.8 Å². The van der Waals surface area contributed by atoms with Gasteiger partial charge < -0.3 is 50.3 Å². The lowest BCUT2D eigenvalue weighted by molar-refractivity contribution is -0.684. The minimum Gasteiger partial charge on any atom is -0.480 e. The van der Waals surface area contributed by atoms with Crippen LogP contribution in [0.15, 0.2) is 103 Å². The number of ether oxygens (including phenoxy) is 2. The van der Waals surface area contributed by atoms with Gasteiger partial charge >= 0.3 is 23.9 Å². The third-order valence-corrected chi connectivity index (χ3v) is 13.3. The van der Waals surface area contributed by atoms with Gasteiger partial charge in [0.05, 0.1) is 26.4 Å². The number of amides is 2. The third-order valence-electron chi connectivity index (χ3n) is 10.8. The first-order valence-corrected chi connectivity index (χ1v) is 23.9. The van der Waals surface area contributed by atoms with Crippen molar-refractivity contribution in [3.63, 3.8) is 0 Å². The molecule has 5 rings (SSSR count). The molecule has 0 aliphatic carbocycles. The first kappa shape index (κ1) is 52.2. The number of carbonyl (C=O) groups is 6. The smallest absolute Gasteiger partial charge is 0.328 e. The molecule has 2 aliphatic heterocycles. The summed E-state index contributed by atoms with van der Waals surface area (Å²) in [6.45, 7) is 4.10. The zero-order valence-corrected chi connectivity index (χ0v) is 39.1. The highest BCUT2D eigenvalue weighted by Crippen LogP contribution is 2.29. The van der Waals surface area contributed by atoms with Crippen LogP contribution in [0, 0.1) is 0 Å². The molecule has 0 radical (unpaired) electrons. The van der Waals surface area contributed by atoms with Crippen LogP contribution in [0.1, 0.15) is 29.5 Å². The van der Waals surface area contributed by atoms with Gasteiger partial charge in [0.1, 0.15) is 24.2 Å². The highest BCUT2D eigenvalue weighted by Gasteiger charge is 2.38. The maximum Gasteiger partial charge on any atom is 0.328 e. The normalized spacial score (nSPS) is 19.3. The fourth-order valence-electron chi connectivity index (χ4n) is 7.27. The Morgan fingerprint density at radius 2 is 1.19 bits per heavy atom. The maximum absolute atomic E-state index is 12.8. The van der Waals surface area contributed by atoms with Gasteiger partial charge in [-0.05, 0) is 46.5 Å². The number of hydrogen-bond acceptors (Lipinski definition) is 14. The number of allylic oxidation sites excluding steroid dienone is 4. The van der Waals surface area contributed by atoms with Crippen LogP contribution >= 0.6 is 21.6 Å². The van der Waals surface area contributed by atoms with Gasteiger partial charge in [0.2, 0.25) is 13.1 Å². The lowest BCUT2D eigenvalue weighted by Gasteiger charge is -2.24. The Balaban J connectivity index is 1.01. The summed E-state index contributed by atoms with van der Waals surface area (Å²) in [5.41, 5.74) is 4.90. The Bertz CT molecular complexity index is 2380. The van der Waals surface area contributed by atoms with E-state index in [0.29, 0.717) is 31.5 Å². The molecule has 0 saturated carbocycles. The number of nitrogens with zero attached hydrogens (tertiary/aromatic N) is 3. The molecule has 6 atom stereocenters. The number of anilines is 2. The van der Waals surface area contributed by atoms with Crippen LogP contribution in [-0.4, -0.2) is 144 Å². The summed E-state index contributed by atoms with van der Waals surface area (Å²) in [6.07, 6.45) is 15.0. The Hall–Kier alpha value is -6.74. The van der Waals surface area contributed by atoms with Gasteiger partial charge in [-0.3, -0.25) is 9.59 Å². The molecule has 6 unspecified atom stereocenters. The molecule has 2 amide bonds. The molecule has 2 fully saturated rings. The summed E-state index contributed by atoms with van der Waals surface area (Å²) in [6, 6.07) is 15.0. The van der Waals surface area contributed by atoms with Crippen molar-refractivity contribution in [2.24, 2.45) is 0 Å². The first-order chi connectivity index (χ1) is 32.7. The summed E-state index contributed by atoms with van der Waals surface area (Å²) >= 11 is 0. The van der Waals surface area contributed by atoms with Gasteiger partial charge in [0, 0.05) is 67.0 Å². The first-order valence-electron chi connectivity index (χ1n) is 21.5. The van der Waals surface area contributed by atoms with Crippen molar-refractivity contribution >= 4 is 93.1 Å². The lowest BCUT2D eigenvalue weighted by Crippen LogP contribution is -2.73. The minimum absolute atomic E-state index is 0.0669. The van der Waals surface area contributed by atoms with Gasteiger partial charge in [0.25, 0.3) is 11.8 Å². The molecule has 3 heterocycles. The molecule has 20 heteroatoms. The number of β-amino-alcohol motifs (C(OH)–C–C–N with tert-alkyl or cyclic N) is 2. The molecule has 3 aromatic rings. The van der Waals surface area contributed by atoms with Crippen LogP contribution in [0.5, 0.6) is 0 Å². The number of aromatic nitrogens is 1. The molecule has 360 valence electrons. The lowest BCUT2D eigenvalue weighted by atomic mass is 10.1. The Kier molecular flexibility index (Phi) is 20.0. The molecule has 18 nitrogen and oxygen atoms in total. The van der Waals surface area contributed by atoms with Crippen molar-refractivity contribution in [2.45, 2.75) is 55.8 Å². The third kappa shape index (κ3) is 15.7. The Morgan fingerprint density at radius 1 is 0.735 bits per heavy atom. The summed E-state index contributed by atoms with van der Waals surface area (Å²) in [7, 11) is 4.75. The monoisotopic (exact) mass is 972 g/mol. The molecule has 0 bridgehead atoms. The van der Waals surface area contributed by atoms with E-state index in [1.54, 1.807) is 41.2 Å². The molecule has 0 spiro atoms. The van der Waals surface area contributed by atoms with Crippen molar-refractivity contribution in [1.82, 2.24) is 10.6 Å². The van der Waals surface area contributed by atoms with Crippen molar-refractivity contribution in [2.75, 3.05) is 55.2 Å². The number of methoxy groups -OCH3 is 2. The number of aliphatic hydroxyl groups is 2. The molecule has 2 saturated heterocycles. The van der Waals surface area contributed by atoms with Crippen LogP contribution in [-0.2, 0) is 44.8 Å². The topological polar surface area (TPSA) is 250 Å². The van der Waals surface area contributed by atoms with E-state index >= 15 is 0 Å². The second kappa shape index (κ2) is 26.0. The van der Waals surface area contributed by atoms with Crippen LogP contribution < -0.4 is 30.0 Å². The van der Waals surface area contributed by atoms with Crippen LogP contribution in [0.2, 0.25) is 0 Å². The molecule has 2 aliphatic rings. The summed E-state index contributed by atoms with van der Waals surface area (Å²) in [5, 5.41) is 44.6. The predicted molar refractivity (Wildman–Crippen MR) is 259 cm³/mol. The second-order valence-electron chi connectivity index (χ2n) is 15.7. The number of rotatable bonds is 23. The Labute approximate surface area is 401 Å². The van der Waals surface area contributed by atoms with E-state index in [1.807, 2.05) is 82.6 Å². The predicted octanol–water partition coefficient (Wildman–Crippen LogP) is 0.867. The number of pyridine rings is 1. The van der Waals surface area contributed by atoms with Crippen molar-refractivity contribution in [1.29, 1.82) is 0 Å². The number of hydrogen-bond donors (Lipinski definition) is 7. The van der Waals surface area contributed by atoms with Crippen molar-refractivity contribution in [3.8, 4) is 0 Å². The van der Waals surface area contributed by atoms with Crippen molar-refractivity contribution < 1.29 is 68.2 Å². The quantitative estimate of drug-likeness (QED) is 0.0174. The van der Waals surface area contributed by atoms with E-state index in [2.05, 4.69) is 22.2 Å². The van der Waals surface area contributed by atoms with E-state index in [0.717, 1.165) is 49.7 Å². The van der Waals surface area contributed by atoms with Crippen LogP contribution in [0.4, 0.5) is 11.4 Å². The summed E-state index contributed by atoms with van der Waals surface area (Å²) < 4.78 is 11.4. The highest BCUT2D eigenvalue weighted by molar-refractivity contribution is 8.76. The van der Waals surface area contributed by atoms with E-state index in [1.165, 1.54) is 20.4 Å². The largest absolute Gasteiger partial charge is 0.480 e. The fourth-order valence-corrected chi connectivity index (χ4v) is 9.58. The number of carbonyl (C=O) groups excluding carboxylic acids is 4. The van der Waals surface area contributed by atoms with Gasteiger partial charge in [-0.25, -0.2) is 24.2 Å². The number of aliphatic hydroxyl groups excluding tert-OH is 2. The van der Waals surface area contributed by atoms with Gasteiger partial charge in [-0.15, -0.1) is 0 Å². The second-order valence-corrected chi connectivity index (χ2v) is 18.3. The Morgan fingerprint density at radius 3 is 1.65 bits per heavy atom. The summed E-state index contributed by atoms with van der Waals surface area (Å²) in [5.74, 6) is -4.58. The zero-order valence-electron chi connectivity index (χ0n) is 37.5. The molecule has 7 N–H and O–H groups in total. The molecular formula is C48H56N6O12S2+2. The fraction of sp³-hybridized carbons (Fsp3) is 0.333. The molecule has 2 aromatic carbocycles. The average molecular weight is 973 g/mol. The molecular weight excluding hydrogens is 917 g/mol. The molecule has 1 aromatic heterocycles. The van der Waals surface area contributed by atoms with Crippen LogP contribution in [0.3, 0.4) is 0 Å². The van der Waals surface area contributed by atoms with Crippen molar-refractivity contribution in [3.05, 3.63) is 120 Å².